The Morgan fingerprint density at radius 3 is 2.12 bits per heavy atom. The molecule has 1 fully saturated rings. The van der Waals surface area contributed by atoms with Crippen molar-refractivity contribution in [2.24, 2.45) is 0 Å². The van der Waals surface area contributed by atoms with Gasteiger partial charge in [0.1, 0.15) is 6.10 Å². The van der Waals surface area contributed by atoms with Crippen molar-refractivity contribution in [3.63, 3.8) is 0 Å². The number of allylic oxidation sites excluding steroid dienone is 2. The van der Waals surface area contributed by atoms with Gasteiger partial charge in [-0.1, -0.05) is 76.9 Å². The molecule has 32 heavy (non-hydrogen) atoms. The average molecular weight is 463 g/mol. The van der Waals surface area contributed by atoms with Gasteiger partial charge in [-0.25, -0.2) is 0 Å². The first-order valence-electron chi connectivity index (χ1n) is 12.8. The monoisotopic (exact) mass is 462 g/mol. The molecule has 5 nitrogen and oxygen atoms in total. The number of carbonyl (C=O) groups excluding carboxylic acids is 1. The second-order valence-corrected chi connectivity index (χ2v) is 9.07. The molecule has 0 spiro atoms. The molecule has 0 N–H and O–H groups in total. The zero-order valence-electron chi connectivity index (χ0n) is 21.2. The summed E-state index contributed by atoms with van der Waals surface area (Å²) in [6, 6.07) is 0. The van der Waals surface area contributed by atoms with E-state index in [-0.39, 0.29) is 42.1 Å². The first kappa shape index (κ1) is 32.1. The predicted octanol–water partition coefficient (Wildman–Crippen LogP) is 2.71. The second-order valence-electron chi connectivity index (χ2n) is 9.07. The molecule has 1 aliphatic heterocycles. The van der Waals surface area contributed by atoms with Gasteiger partial charge >= 0.3 is 29.6 Å². The van der Waals surface area contributed by atoms with Crippen molar-refractivity contribution in [1.82, 2.24) is 0 Å². The number of carboxylic acids is 1. The maximum absolute atomic E-state index is 10.6. The molecule has 182 valence electrons. The molecule has 1 rings (SSSR count). The zero-order valence-corrected chi connectivity index (χ0v) is 23.2. The molecule has 1 saturated heterocycles. The molecule has 0 aromatic heterocycles. The molecule has 0 bridgehead atoms. The standard InChI is InChI=1S/C26H48O5.Na/c1-3-4-5-6-7-8-9-10-11-12-13-14-15-16-17-18-21-29-22-24-23-30-26(2,31-24)20-19-25(27)28;/h10-11,24H,3-9,12-23H2,1-2H3,(H,27,28);/q;+1/p-1/b11-10-;. The van der Waals surface area contributed by atoms with Crippen LogP contribution in [0.5, 0.6) is 0 Å². The van der Waals surface area contributed by atoms with Crippen LogP contribution in [0.1, 0.15) is 117 Å². The van der Waals surface area contributed by atoms with Crippen LogP contribution in [0, 0.1) is 0 Å². The topological polar surface area (TPSA) is 67.8 Å². The molecule has 2 unspecified atom stereocenters. The Labute approximate surface area is 219 Å². The summed E-state index contributed by atoms with van der Waals surface area (Å²) in [6.45, 7) is 5.76. The first-order valence-corrected chi connectivity index (χ1v) is 12.8. The molecule has 1 aliphatic rings. The maximum Gasteiger partial charge on any atom is 1.00 e. The number of hydrogen-bond donors (Lipinski definition) is 0. The summed E-state index contributed by atoms with van der Waals surface area (Å²) >= 11 is 0. The van der Waals surface area contributed by atoms with E-state index >= 15 is 0 Å². The van der Waals surface area contributed by atoms with E-state index in [1.165, 1.54) is 83.5 Å². The number of unbranched alkanes of at least 4 members (excludes halogenated alkanes) is 12. The summed E-state index contributed by atoms with van der Waals surface area (Å²) < 4.78 is 17.1. The SMILES string of the molecule is CCCCCCCC/C=C\CCCCCCCCOCC1COC(C)(CCC(=O)[O-])O1.[Na+]. The Morgan fingerprint density at radius 1 is 0.969 bits per heavy atom. The first-order chi connectivity index (χ1) is 15.1. The van der Waals surface area contributed by atoms with Gasteiger partial charge in [-0.2, -0.15) is 0 Å². The number of ether oxygens (including phenoxy) is 3. The zero-order chi connectivity index (χ0) is 22.6. The minimum absolute atomic E-state index is 0. The normalized spacial score (nSPS) is 20.6. The molecule has 0 saturated carbocycles. The average Bonchev–Trinajstić information content (AvgIpc) is 3.13. The van der Waals surface area contributed by atoms with Crippen LogP contribution >= 0.6 is 0 Å². The third-order valence-corrected chi connectivity index (χ3v) is 5.88. The summed E-state index contributed by atoms with van der Waals surface area (Å²) in [7, 11) is 0. The van der Waals surface area contributed by atoms with Gasteiger partial charge in [-0.3, -0.25) is 0 Å². The van der Waals surface area contributed by atoms with Crippen molar-refractivity contribution in [3.05, 3.63) is 12.2 Å². The van der Waals surface area contributed by atoms with Crippen LogP contribution in [-0.2, 0) is 19.0 Å². The molecule has 2 atom stereocenters. The molecular formula is C26H47NaO5. The van der Waals surface area contributed by atoms with Gasteiger partial charge < -0.3 is 24.1 Å². The maximum atomic E-state index is 10.6. The summed E-state index contributed by atoms with van der Waals surface area (Å²) in [5, 5.41) is 10.6. The molecule has 1 heterocycles. The van der Waals surface area contributed by atoms with Crippen LogP contribution in [0.15, 0.2) is 12.2 Å². The Bertz CT molecular complexity index is 471. The third kappa shape index (κ3) is 18.5. The van der Waals surface area contributed by atoms with Crippen LogP contribution in [0.4, 0.5) is 0 Å². The van der Waals surface area contributed by atoms with Crippen LogP contribution in [0.2, 0.25) is 0 Å². The largest absolute Gasteiger partial charge is 1.00 e. The van der Waals surface area contributed by atoms with E-state index in [4.69, 9.17) is 14.2 Å². The Balaban J connectivity index is 0.00000961. The van der Waals surface area contributed by atoms with Crippen molar-refractivity contribution in [3.8, 4) is 0 Å². The van der Waals surface area contributed by atoms with Gasteiger partial charge in [0.05, 0.1) is 13.2 Å². The van der Waals surface area contributed by atoms with Crippen molar-refractivity contribution in [2.45, 2.75) is 128 Å². The summed E-state index contributed by atoms with van der Waals surface area (Å²) in [4.78, 5) is 10.6. The van der Waals surface area contributed by atoms with E-state index < -0.39 is 11.8 Å². The van der Waals surface area contributed by atoms with Crippen LogP contribution < -0.4 is 34.7 Å². The van der Waals surface area contributed by atoms with Crippen molar-refractivity contribution in [2.75, 3.05) is 19.8 Å². The number of aliphatic carboxylic acids is 1. The Morgan fingerprint density at radius 2 is 1.53 bits per heavy atom. The van der Waals surface area contributed by atoms with E-state index in [0.717, 1.165) is 13.0 Å². The molecule has 0 amide bonds. The van der Waals surface area contributed by atoms with Crippen molar-refractivity contribution >= 4 is 5.97 Å². The minimum Gasteiger partial charge on any atom is -0.550 e. The van der Waals surface area contributed by atoms with Gasteiger partial charge in [0, 0.05) is 19.0 Å². The van der Waals surface area contributed by atoms with E-state index in [1.54, 1.807) is 6.92 Å². The summed E-state index contributed by atoms with van der Waals surface area (Å²) in [5.74, 6) is -1.90. The van der Waals surface area contributed by atoms with Crippen LogP contribution in [0.3, 0.4) is 0 Å². The Kier molecular flexibility index (Phi) is 21.7. The summed E-state index contributed by atoms with van der Waals surface area (Å²) in [5.41, 5.74) is 0. The van der Waals surface area contributed by atoms with E-state index in [2.05, 4.69) is 19.1 Å². The minimum atomic E-state index is -1.08. The fourth-order valence-corrected chi connectivity index (χ4v) is 3.90. The van der Waals surface area contributed by atoms with Gasteiger partial charge in [-0.05, 0) is 45.4 Å². The number of carboxylic acid groups (broad SMARTS) is 1. The molecule has 0 aromatic carbocycles. The number of hydrogen-bond acceptors (Lipinski definition) is 5. The van der Waals surface area contributed by atoms with Gasteiger partial charge in [0.25, 0.3) is 0 Å². The smallest absolute Gasteiger partial charge is 0.550 e. The van der Waals surface area contributed by atoms with Crippen LogP contribution in [-0.4, -0.2) is 37.7 Å². The van der Waals surface area contributed by atoms with Crippen molar-refractivity contribution in [1.29, 1.82) is 0 Å². The van der Waals surface area contributed by atoms with Gasteiger partial charge in [0.2, 0.25) is 0 Å². The second kappa shape index (κ2) is 21.6. The van der Waals surface area contributed by atoms with Crippen LogP contribution in [0.25, 0.3) is 0 Å². The quantitative estimate of drug-likeness (QED) is 0.149. The molecular weight excluding hydrogens is 415 g/mol. The number of carbonyl (C=O) groups is 1. The predicted molar refractivity (Wildman–Crippen MR) is 124 cm³/mol. The fourth-order valence-electron chi connectivity index (χ4n) is 3.90. The Hall–Kier alpha value is 0.0900. The van der Waals surface area contributed by atoms with E-state index in [1.807, 2.05) is 0 Å². The molecule has 0 aliphatic carbocycles. The molecule has 0 radical (unpaired) electrons. The van der Waals surface area contributed by atoms with Crippen molar-refractivity contribution < 1.29 is 53.7 Å². The summed E-state index contributed by atoms with van der Waals surface area (Å²) in [6.07, 6.45) is 23.1. The third-order valence-electron chi connectivity index (χ3n) is 5.88. The van der Waals surface area contributed by atoms with E-state index in [9.17, 15) is 9.90 Å². The van der Waals surface area contributed by atoms with E-state index in [0.29, 0.717) is 19.6 Å². The van der Waals surface area contributed by atoms with Gasteiger partial charge in [-0.15, -0.1) is 0 Å². The van der Waals surface area contributed by atoms with Gasteiger partial charge in [0.15, 0.2) is 5.79 Å². The molecule has 0 aromatic rings. The molecule has 6 heteroatoms. The number of rotatable bonds is 21. The fraction of sp³-hybridized carbons (Fsp3) is 0.885.